The predicted octanol–water partition coefficient (Wildman–Crippen LogP) is 3.33. The van der Waals surface area contributed by atoms with Gasteiger partial charge in [-0.05, 0) is 49.3 Å². The van der Waals surface area contributed by atoms with Crippen LogP contribution in [0, 0.1) is 0 Å². The van der Waals surface area contributed by atoms with Gasteiger partial charge in [0.1, 0.15) is 0 Å². The Morgan fingerprint density at radius 2 is 1.83 bits per heavy atom. The summed E-state index contributed by atoms with van der Waals surface area (Å²) < 4.78 is 0. The third-order valence-electron chi connectivity index (χ3n) is 4.86. The van der Waals surface area contributed by atoms with Crippen molar-refractivity contribution >= 4 is 29.4 Å². The van der Waals surface area contributed by atoms with Gasteiger partial charge in [-0.2, -0.15) is 11.8 Å². The molecule has 5 nitrogen and oxygen atoms in total. The number of hydrogen-bond acceptors (Lipinski definition) is 3. The lowest BCUT2D eigenvalue weighted by molar-refractivity contribution is 0.0938. The van der Waals surface area contributed by atoms with Crippen molar-refractivity contribution in [2.75, 3.05) is 23.9 Å². The van der Waals surface area contributed by atoms with E-state index < -0.39 is 0 Å². The zero-order chi connectivity index (χ0) is 16.9. The van der Waals surface area contributed by atoms with Crippen LogP contribution in [-0.4, -0.2) is 47.5 Å². The maximum atomic E-state index is 12.3. The third-order valence-corrected chi connectivity index (χ3v) is 6.01. The SMILES string of the molecule is CN(C(=O)Nc1ccc(C(=O)NC2CCCC2)cc1)[C@H]1CCSC1. The van der Waals surface area contributed by atoms with Gasteiger partial charge in [-0.1, -0.05) is 12.8 Å². The van der Waals surface area contributed by atoms with Gasteiger partial charge in [0.2, 0.25) is 0 Å². The number of benzene rings is 1. The molecule has 0 unspecified atom stereocenters. The first-order valence-corrected chi connectivity index (χ1v) is 9.81. The van der Waals surface area contributed by atoms with Crippen LogP contribution >= 0.6 is 11.8 Å². The lowest BCUT2D eigenvalue weighted by Crippen LogP contribution is -2.39. The topological polar surface area (TPSA) is 61.4 Å². The molecule has 1 saturated carbocycles. The van der Waals surface area contributed by atoms with Crippen LogP contribution < -0.4 is 10.6 Å². The van der Waals surface area contributed by atoms with Gasteiger partial charge in [-0.3, -0.25) is 4.79 Å². The van der Waals surface area contributed by atoms with Crippen LogP contribution in [0.5, 0.6) is 0 Å². The zero-order valence-electron chi connectivity index (χ0n) is 14.1. The third kappa shape index (κ3) is 4.23. The highest BCUT2D eigenvalue weighted by molar-refractivity contribution is 7.99. The predicted molar refractivity (Wildman–Crippen MR) is 98.7 cm³/mol. The smallest absolute Gasteiger partial charge is 0.321 e. The number of nitrogens with one attached hydrogen (secondary N) is 2. The summed E-state index contributed by atoms with van der Waals surface area (Å²) in [4.78, 5) is 26.3. The van der Waals surface area contributed by atoms with E-state index in [0.29, 0.717) is 17.6 Å². The highest BCUT2D eigenvalue weighted by atomic mass is 32.2. The Morgan fingerprint density at radius 3 is 2.46 bits per heavy atom. The lowest BCUT2D eigenvalue weighted by Gasteiger charge is -2.24. The normalized spacial score (nSPS) is 20.8. The number of nitrogens with zero attached hydrogens (tertiary/aromatic N) is 1. The monoisotopic (exact) mass is 347 g/mol. The second kappa shape index (κ2) is 7.92. The van der Waals surface area contributed by atoms with Crippen LogP contribution in [0.2, 0.25) is 0 Å². The van der Waals surface area contributed by atoms with Crippen LogP contribution in [0.25, 0.3) is 0 Å². The fourth-order valence-electron chi connectivity index (χ4n) is 3.25. The molecule has 0 radical (unpaired) electrons. The molecular formula is C18H25N3O2S. The Labute approximate surface area is 147 Å². The Morgan fingerprint density at radius 1 is 1.12 bits per heavy atom. The van der Waals surface area contributed by atoms with E-state index in [4.69, 9.17) is 0 Å². The van der Waals surface area contributed by atoms with Crippen molar-refractivity contribution in [3.63, 3.8) is 0 Å². The standard InChI is InChI=1S/C18H25N3O2S/c1-21(16-10-11-24-12-16)18(23)20-15-8-6-13(7-9-15)17(22)19-14-4-2-3-5-14/h6-9,14,16H,2-5,10-12H2,1H3,(H,19,22)(H,20,23)/t16-/m0/s1. The maximum absolute atomic E-state index is 12.3. The number of carbonyl (C=O) groups is 2. The molecular weight excluding hydrogens is 322 g/mol. The molecule has 1 saturated heterocycles. The molecule has 0 aromatic heterocycles. The first-order chi connectivity index (χ1) is 11.6. The van der Waals surface area contributed by atoms with Crippen molar-refractivity contribution in [2.45, 2.75) is 44.2 Å². The summed E-state index contributed by atoms with van der Waals surface area (Å²) in [5, 5.41) is 5.98. The average molecular weight is 347 g/mol. The van der Waals surface area contributed by atoms with E-state index in [1.807, 2.05) is 18.8 Å². The highest BCUT2D eigenvalue weighted by Crippen LogP contribution is 2.22. The van der Waals surface area contributed by atoms with E-state index in [1.165, 1.54) is 12.8 Å². The van der Waals surface area contributed by atoms with Crippen molar-refractivity contribution in [2.24, 2.45) is 0 Å². The summed E-state index contributed by atoms with van der Waals surface area (Å²) in [7, 11) is 1.84. The number of anilines is 1. The number of hydrogen-bond donors (Lipinski definition) is 2. The van der Waals surface area contributed by atoms with Gasteiger partial charge < -0.3 is 15.5 Å². The lowest BCUT2D eigenvalue weighted by atomic mass is 10.1. The second-order valence-corrected chi connectivity index (χ2v) is 7.74. The molecule has 1 atom stereocenters. The molecule has 1 aliphatic heterocycles. The molecule has 1 aromatic rings. The minimum Gasteiger partial charge on any atom is -0.349 e. The Balaban J connectivity index is 1.53. The molecule has 2 aliphatic rings. The van der Waals surface area contributed by atoms with Crippen LogP contribution in [0.4, 0.5) is 10.5 Å². The van der Waals surface area contributed by atoms with Gasteiger partial charge in [0.15, 0.2) is 0 Å². The first-order valence-electron chi connectivity index (χ1n) is 8.66. The number of amides is 3. The fourth-order valence-corrected chi connectivity index (χ4v) is 4.52. The van der Waals surface area contributed by atoms with Crippen molar-refractivity contribution < 1.29 is 9.59 Å². The number of rotatable bonds is 4. The van der Waals surface area contributed by atoms with E-state index in [-0.39, 0.29) is 11.9 Å². The van der Waals surface area contributed by atoms with Crippen LogP contribution in [0.15, 0.2) is 24.3 Å². The molecule has 6 heteroatoms. The van der Waals surface area contributed by atoms with Crippen molar-refractivity contribution in [1.82, 2.24) is 10.2 Å². The molecule has 3 rings (SSSR count). The van der Waals surface area contributed by atoms with Crippen LogP contribution in [-0.2, 0) is 0 Å². The molecule has 24 heavy (non-hydrogen) atoms. The number of urea groups is 1. The van der Waals surface area contributed by atoms with Gasteiger partial charge in [0.25, 0.3) is 5.91 Å². The quantitative estimate of drug-likeness (QED) is 0.878. The largest absolute Gasteiger partial charge is 0.349 e. The fraction of sp³-hybridized carbons (Fsp3) is 0.556. The van der Waals surface area contributed by atoms with E-state index in [9.17, 15) is 9.59 Å². The van der Waals surface area contributed by atoms with Crippen LogP contribution in [0.3, 0.4) is 0 Å². The molecule has 2 N–H and O–H groups in total. The molecule has 0 spiro atoms. The van der Waals surface area contributed by atoms with Gasteiger partial charge in [0.05, 0.1) is 0 Å². The summed E-state index contributed by atoms with van der Waals surface area (Å²) >= 11 is 1.89. The minimum absolute atomic E-state index is 0.0279. The Kier molecular flexibility index (Phi) is 5.66. The maximum Gasteiger partial charge on any atom is 0.321 e. The molecule has 0 bridgehead atoms. The molecule has 130 valence electrons. The van der Waals surface area contributed by atoms with E-state index in [2.05, 4.69) is 10.6 Å². The van der Waals surface area contributed by atoms with Crippen molar-refractivity contribution in [3.05, 3.63) is 29.8 Å². The summed E-state index contributed by atoms with van der Waals surface area (Å²) in [5.41, 5.74) is 1.36. The summed E-state index contributed by atoms with van der Waals surface area (Å²) in [5.74, 6) is 2.09. The van der Waals surface area contributed by atoms with Gasteiger partial charge in [-0.15, -0.1) is 0 Å². The Hall–Kier alpha value is -1.69. The zero-order valence-corrected chi connectivity index (χ0v) is 14.9. The van der Waals surface area contributed by atoms with E-state index in [0.717, 1.165) is 36.5 Å². The van der Waals surface area contributed by atoms with Gasteiger partial charge >= 0.3 is 6.03 Å². The van der Waals surface area contributed by atoms with Gasteiger partial charge in [0, 0.05) is 36.1 Å². The molecule has 1 aromatic carbocycles. The number of thioether (sulfide) groups is 1. The van der Waals surface area contributed by atoms with Gasteiger partial charge in [-0.25, -0.2) is 4.79 Å². The molecule has 2 fully saturated rings. The Bertz CT molecular complexity index is 578. The summed E-state index contributed by atoms with van der Waals surface area (Å²) in [6, 6.07) is 7.65. The second-order valence-electron chi connectivity index (χ2n) is 6.59. The minimum atomic E-state index is -0.0920. The van der Waals surface area contributed by atoms with Crippen LogP contribution in [0.1, 0.15) is 42.5 Å². The molecule has 1 heterocycles. The highest BCUT2D eigenvalue weighted by Gasteiger charge is 2.24. The summed E-state index contributed by atoms with van der Waals surface area (Å²) in [6.45, 7) is 0. The van der Waals surface area contributed by atoms with E-state index in [1.54, 1.807) is 29.2 Å². The van der Waals surface area contributed by atoms with Crippen molar-refractivity contribution in [1.29, 1.82) is 0 Å². The van der Waals surface area contributed by atoms with Crippen molar-refractivity contribution in [3.8, 4) is 0 Å². The number of carbonyl (C=O) groups excluding carboxylic acids is 2. The molecule has 1 aliphatic carbocycles. The summed E-state index contributed by atoms with van der Waals surface area (Å²) in [6.07, 6.45) is 5.60. The average Bonchev–Trinajstić information content (AvgIpc) is 3.28. The van der Waals surface area contributed by atoms with E-state index >= 15 is 0 Å². The first kappa shape index (κ1) is 17.1. The molecule has 3 amide bonds.